The second kappa shape index (κ2) is 9.39. The Morgan fingerprint density at radius 3 is 2.60 bits per heavy atom. The molecule has 2 N–H and O–H groups in total. The fourth-order valence-corrected chi connectivity index (χ4v) is 2.49. The van der Waals surface area contributed by atoms with E-state index in [1.165, 1.54) is 0 Å². The van der Waals surface area contributed by atoms with Crippen LogP contribution in [0.3, 0.4) is 0 Å². The second-order valence-corrected chi connectivity index (χ2v) is 6.36. The van der Waals surface area contributed by atoms with Crippen LogP contribution in [0.25, 0.3) is 0 Å². The number of rotatable bonds is 6. The molecule has 2 aromatic rings. The number of carbonyl (C=O) groups is 1. The maximum absolute atomic E-state index is 12.3. The van der Waals surface area contributed by atoms with E-state index in [4.69, 9.17) is 28.6 Å². The van der Waals surface area contributed by atoms with Gasteiger partial charge in [-0.1, -0.05) is 31.0 Å². The fourth-order valence-electron chi connectivity index (χ4n) is 2.11. The number of amides is 1. The average molecular weight is 377 g/mol. The standard InChI is InChI=1S/C19H21ClN2O2S/c1-3-4-12-24-15-10-8-14(9-11-15)18(23)22-19(25)21-17-7-5-6-16(20)13(17)2/h5-11H,3-4,12H2,1-2H3,(H2,21,22,23,25). The highest BCUT2D eigenvalue weighted by molar-refractivity contribution is 7.80. The molecular weight excluding hydrogens is 356 g/mol. The zero-order valence-corrected chi connectivity index (χ0v) is 15.8. The minimum atomic E-state index is -0.280. The van der Waals surface area contributed by atoms with Crippen molar-refractivity contribution in [3.05, 3.63) is 58.6 Å². The van der Waals surface area contributed by atoms with Gasteiger partial charge in [0.25, 0.3) is 5.91 Å². The second-order valence-electron chi connectivity index (χ2n) is 5.55. The number of hydrogen-bond acceptors (Lipinski definition) is 3. The van der Waals surface area contributed by atoms with Crippen molar-refractivity contribution >= 4 is 40.5 Å². The summed E-state index contributed by atoms with van der Waals surface area (Å²) in [6.45, 7) is 4.67. The van der Waals surface area contributed by atoms with Crippen LogP contribution in [0.5, 0.6) is 5.75 Å². The number of hydrogen-bond donors (Lipinski definition) is 2. The largest absolute Gasteiger partial charge is 0.494 e. The topological polar surface area (TPSA) is 50.4 Å². The molecule has 0 bridgehead atoms. The van der Waals surface area contributed by atoms with Crippen LogP contribution in [0.1, 0.15) is 35.7 Å². The van der Waals surface area contributed by atoms with Crippen LogP contribution in [0.15, 0.2) is 42.5 Å². The molecule has 0 heterocycles. The molecule has 0 fully saturated rings. The Morgan fingerprint density at radius 2 is 1.92 bits per heavy atom. The van der Waals surface area contributed by atoms with Crippen molar-refractivity contribution in [2.75, 3.05) is 11.9 Å². The number of halogens is 1. The first kappa shape index (κ1) is 19.2. The van der Waals surface area contributed by atoms with Crippen molar-refractivity contribution in [3.8, 4) is 5.75 Å². The highest BCUT2D eigenvalue weighted by Gasteiger charge is 2.10. The Bertz CT molecular complexity index is 748. The lowest BCUT2D eigenvalue weighted by atomic mass is 10.2. The molecule has 0 atom stereocenters. The Morgan fingerprint density at radius 1 is 1.20 bits per heavy atom. The van der Waals surface area contributed by atoms with Gasteiger partial charge >= 0.3 is 0 Å². The molecular formula is C19H21ClN2O2S. The van der Waals surface area contributed by atoms with Gasteiger partial charge in [0.15, 0.2) is 5.11 Å². The van der Waals surface area contributed by atoms with Gasteiger partial charge in [0, 0.05) is 16.3 Å². The van der Waals surface area contributed by atoms with Gasteiger partial charge in [-0.3, -0.25) is 10.1 Å². The van der Waals surface area contributed by atoms with Gasteiger partial charge in [-0.05, 0) is 67.5 Å². The number of anilines is 1. The third-order valence-corrected chi connectivity index (χ3v) is 4.24. The minimum Gasteiger partial charge on any atom is -0.494 e. The molecule has 0 aromatic heterocycles. The molecule has 0 aliphatic rings. The van der Waals surface area contributed by atoms with E-state index in [1.54, 1.807) is 30.3 Å². The maximum Gasteiger partial charge on any atom is 0.257 e. The van der Waals surface area contributed by atoms with E-state index in [0.717, 1.165) is 29.8 Å². The summed E-state index contributed by atoms with van der Waals surface area (Å²) in [7, 11) is 0. The van der Waals surface area contributed by atoms with Crippen molar-refractivity contribution in [3.63, 3.8) is 0 Å². The monoisotopic (exact) mass is 376 g/mol. The molecule has 0 aliphatic carbocycles. The van der Waals surface area contributed by atoms with E-state index in [-0.39, 0.29) is 11.0 Å². The maximum atomic E-state index is 12.3. The van der Waals surface area contributed by atoms with E-state index in [1.807, 2.05) is 19.1 Å². The van der Waals surface area contributed by atoms with E-state index in [2.05, 4.69) is 17.6 Å². The van der Waals surface area contributed by atoms with Gasteiger partial charge in [0.2, 0.25) is 0 Å². The fraction of sp³-hybridized carbons (Fsp3) is 0.263. The highest BCUT2D eigenvalue weighted by Crippen LogP contribution is 2.22. The molecule has 2 rings (SSSR count). The van der Waals surface area contributed by atoms with Gasteiger partial charge in [0.05, 0.1) is 6.61 Å². The lowest BCUT2D eigenvalue weighted by molar-refractivity contribution is 0.0977. The summed E-state index contributed by atoms with van der Waals surface area (Å²) in [4.78, 5) is 12.3. The average Bonchev–Trinajstić information content (AvgIpc) is 2.59. The summed E-state index contributed by atoms with van der Waals surface area (Å²) < 4.78 is 5.58. The van der Waals surface area contributed by atoms with Gasteiger partial charge in [-0.25, -0.2) is 0 Å². The lowest BCUT2D eigenvalue weighted by Crippen LogP contribution is -2.34. The molecule has 1 amide bonds. The molecule has 0 radical (unpaired) electrons. The summed E-state index contributed by atoms with van der Waals surface area (Å²) in [5.74, 6) is 0.470. The number of nitrogens with one attached hydrogen (secondary N) is 2. The minimum absolute atomic E-state index is 0.221. The van der Waals surface area contributed by atoms with Crippen LogP contribution in [-0.4, -0.2) is 17.6 Å². The first-order valence-electron chi connectivity index (χ1n) is 8.11. The van der Waals surface area contributed by atoms with Crippen molar-refractivity contribution in [2.45, 2.75) is 26.7 Å². The van der Waals surface area contributed by atoms with Crippen LogP contribution in [-0.2, 0) is 0 Å². The Hall–Kier alpha value is -2.11. The number of unbranched alkanes of at least 4 members (excludes halogenated alkanes) is 1. The Balaban J connectivity index is 1.92. The normalized spacial score (nSPS) is 10.2. The van der Waals surface area contributed by atoms with Crippen molar-refractivity contribution < 1.29 is 9.53 Å². The third-order valence-electron chi connectivity index (χ3n) is 3.63. The quantitative estimate of drug-likeness (QED) is 0.553. The number of benzene rings is 2. The van der Waals surface area contributed by atoms with Crippen molar-refractivity contribution in [2.24, 2.45) is 0 Å². The molecule has 0 saturated heterocycles. The van der Waals surface area contributed by atoms with E-state index >= 15 is 0 Å². The first-order valence-corrected chi connectivity index (χ1v) is 8.90. The predicted octanol–water partition coefficient (Wildman–Crippen LogP) is 4.95. The molecule has 132 valence electrons. The molecule has 25 heavy (non-hydrogen) atoms. The molecule has 2 aromatic carbocycles. The summed E-state index contributed by atoms with van der Waals surface area (Å²) in [5, 5.41) is 6.51. The van der Waals surface area contributed by atoms with Gasteiger partial charge in [-0.15, -0.1) is 0 Å². The molecule has 0 aliphatic heterocycles. The van der Waals surface area contributed by atoms with Crippen LogP contribution < -0.4 is 15.4 Å². The van der Waals surface area contributed by atoms with Crippen molar-refractivity contribution in [1.29, 1.82) is 0 Å². The van der Waals surface area contributed by atoms with E-state index in [9.17, 15) is 4.79 Å². The first-order chi connectivity index (χ1) is 12.0. The number of thiocarbonyl (C=S) groups is 1. The molecule has 0 spiro atoms. The van der Waals surface area contributed by atoms with Crippen molar-refractivity contribution in [1.82, 2.24) is 5.32 Å². The third kappa shape index (κ3) is 5.73. The zero-order valence-electron chi connectivity index (χ0n) is 14.3. The SMILES string of the molecule is CCCCOc1ccc(C(=O)NC(=S)Nc2cccc(Cl)c2C)cc1. The summed E-state index contributed by atoms with van der Waals surface area (Å²) in [5.41, 5.74) is 2.14. The smallest absolute Gasteiger partial charge is 0.257 e. The summed E-state index contributed by atoms with van der Waals surface area (Å²) >= 11 is 11.3. The molecule has 4 nitrogen and oxygen atoms in total. The number of ether oxygens (including phenoxy) is 1. The van der Waals surface area contributed by atoms with Crippen LogP contribution in [0, 0.1) is 6.92 Å². The molecule has 0 unspecified atom stereocenters. The van der Waals surface area contributed by atoms with E-state index < -0.39 is 0 Å². The molecule has 0 saturated carbocycles. The van der Waals surface area contributed by atoms with Crippen LogP contribution in [0.4, 0.5) is 5.69 Å². The van der Waals surface area contributed by atoms with E-state index in [0.29, 0.717) is 17.2 Å². The van der Waals surface area contributed by atoms with Gasteiger partial charge in [-0.2, -0.15) is 0 Å². The van der Waals surface area contributed by atoms with Crippen LogP contribution in [0.2, 0.25) is 5.02 Å². The zero-order chi connectivity index (χ0) is 18.2. The highest BCUT2D eigenvalue weighted by atomic mass is 35.5. The van der Waals surface area contributed by atoms with Gasteiger partial charge < -0.3 is 10.1 Å². The lowest BCUT2D eigenvalue weighted by Gasteiger charge is -2.12. The van der Waals surface area contributed by atoms with Gasteiger partial charge in [0.1, 0.15) is 5.75 Å². The molecule has 6 heteroatoms. The number of carbonyl (C=O) groups excluding carboxylic acids is 1. The summed E-state index contributed by atoms with van der Waals surface area (Å²) in [6, 6.07) is 12.5. The van der Waals surface area contributed by atoms with Crippen LogP contribution >= 0.6 is 23.8 Å². The Labute approximate surface area is 158 Å². The Kier molecular flexibility index (Phi) is 7.22. The summed E-state index contributed by atoms with van der Waals surface area (Å²) in [6.07, 6.45) is 2.09. The predicted molar refractivity (Wildman–Crippen MR) is 107 cm³/mol.